The largest absolute Gasteiger partial charge is 0.479 e. The fourth-order valence-electron chi connectivity index (χ4n) is 2.22. The molecule has 8 heteroatoms. The van der Waals surface area contributed by atoms with Crippen molar-refractivity contribution in [2.45, 2.75) is 6.54 Å². The van der Waals surface area contributed by atoms with Crippen LogP contribution in [0.15, 0.2) is 41.6 Å². The molecule has 120 valence electrons. The Labute approximate surface area is 132 Å². The molecule has 3 aromatic heterocycles. The van der Waals surface area contributed by atoms with E-state index in [-0.39, 0.29) is 5.91 Å². The van der Waals surface area contributed by atoms with Gasteiger partial charge in [0.2, 0.25) is 5.88 Å². The lowest BCUT2D eigenvalue weighted by Gasteiger charge is -2.05. The van der Waals surface area contributed by atoms with Gasteiger partial charge in [0, 0.05) is 37.1 Å². The second kappa shape index (κ2) is 6.39. The number of carbonyl (C=O) groups is 1. The van der Waals surface area contributed by atoms with Crippen molar-refractivity contribution in [1.82, 2.24) is 24.9 Å². The number of methoxy groups -OCH3 is 1. The van der Waals surface area contributed by atoms with Crippen molar-refractivity contribution in [3.05, 3.63) is 42.7 Å². The molecule has 0 bridgehead atoms. The third-order valence-electron chi connectivity index (χ3n) is 3.35. The van der Waals surface area contributed by atoms with Crippen molar-refractivity contribution in [3.63, 3.8) is 0 Å². The molecule has 0 saturated carbocycles. The normalized spacial score (nSPS) is 10.7. The lowest BCUT2D eigenvalue weighted by atomic mass is 10.2. The van der Waals surface area contributed by atoms with Gasteiger partial charge >= 0.3 is 0 Å². The van der Waals surface area contributed by atoms with Gasteiger partial charge in [-0.25, -0.2) is 0 Å². The predicted octanol–water partition coefficient (Wildman–Crippen LogP) is 1.32. The van der Waals surface area contributed by atoms with Crippen LogP contribution in [-0.4, -0.2) is 39.1 Å². The number of furan rings is 1. The quantitative estimate of drug-likeness (QED) is 0.741. The molecule has 0 spiro atoms. The standard InChI is InChI=1S/C15H17N5O3/c1-19-9-13(15(18-19)22-2)14(21)16-4-5-20-8-12(7-17-20)11-3-6-23-10-11/h3,6-10H,4-5H2,1-2H3,(H,16,21). The molecule has 0 aromatic carbocycles. The van der Waals surface area contributed by atoms with Crippen LogP contribution < -0.4 is 10.1 Å². The molecular weight excluding hydrogens is 298 g/mol. The van der Waals surface area contributed by atoms with Crippen molar-refractivity contribution >= 4 is 5.91 Å². The van der Waals surface area contributed by atoms with E-state index < -0.39 is 0 Å². The average Bonchev–Trinajstić information content (AvgIpc) is 3.26. The van der Waals surface area contributed by atoms with Gasteiger partial charge in [-0.2, -0.15) is 5.10 Å². The molecule has 0 aliphatic heterocycles. The Kier molecular flexibility index (Phi) is 4.13. The molecule has 0 aliphatic carbocycles. The van der Waals surface area contributed by atoms with E-state index in [2.05, 4.69) is 15.5 Å². The zero-order chi connectivity index (χ0) is 16.2. The summed E-state index contributed by atoms with van der Waals surface area (Å²) in [6.45, 7) is 1.01. The summed E-state index contributed by atoms with van der Waals surface area (Å²) in [7, 11) is 3.22. The lowest BCUT2D eigenvalue weighted by molar-refractivity contribution is 0.0949. The number of hydrogen-bond donors (Lipinski definition) is 1. The number of nitrogens with zero attached hydrogens (tertiary/aromatic N) is 4. The molecule has 0 unspecified atom stereocenters. The number of nitrogens with one attached hydrogen (secondary N) is 1. The van der Waals surface area contributed by atoms with Gasteiger partial charge < -0.3 is 14.5 Å². The van der Waals surface area contributed by atoms with E-state index in [9.17, 15) is 4.79 Å². The zero-order valence-corrected chi connectivity index (χ0v) is 12.9. The lowest BCUT2D eigenvalue weighted by Crippen LogP contribution is -2.27. The van der Waals surface area contributed by atoms with Gasteiger partial charge in [-0.05, 0) is 6.07 Å². The Morgan fingerprint density at radius 3 is 3.00 bits per heavy atom. The van der Waals surface area contributed by atoms with Crippen LogP contribution >= 0.6 is 0 Å². The molecule has 0 radical (unpaired) electrons. The zero-order valence-electron chi connectivity index (χ0n) is 12.9. The molecule has 3 aromatic rings. The van der Waals surface area contributed by atoms with Gasteiger partial charge in [-0.3, -0.25) is 14.2 Å². The van der Waals surface area contributed by atoms with Gasteiger partial charge in [0.15, 0.2) is 0 Å². The van der Waals surface area contributed by atoms with Crippen LogP contribution in [-0.2, 0) is 13.6 Å². The Morgan fingerprint density at radius 2 is 2.26 bits per heavy atom. The van der Waals surface area contributed by atoms with E-state index in [1.54, 1.807) is 41.3 Å². The molecule has 1 N–H and O–H groups in total. The molecule has 0 saturated heterocycles. The van der Waals surface area contributed by atoms with Crippen LogP contribution in [0.25, 0.3) is 11.1 Å². The van der Waals surface area contributed by atoms with E-state index in [0.29, 0.717) is 24.5 Å². The Bertz CT molecular complexity index is 788. The number of aromatic nitrogens is 4. The fourth-order valence-corrected chi connectivity index (χ4v) is 2.22. The minimum Gasteiger partial charge on any atom is -0.479 e. The smallest absolute Gasteiger partial charge is 0.258 e. The van der Waals surface area contributed by atoms with Gasteiger partial charge in [0.1, 0.15) is 5.56 Å². The number of amides is 1. The summed E-state index contributed by atoms with van der Waals surface area (Å²) in [5, 5.41) is 11.1. The van der Waals surface area contributed by atoms with Gasteiger partial charge in [0.25, 0.3) is 5.91 Å². The third-order valence-corrected chi connectivity index (χ3v) is 3.35. The summed E-state index contributed by atoms with van der Waals surface area (Å²) in [5.74, 6) is 0.0866. The van der Waals surface area contributed by atoms with Crippen LogP contribution in [0.4, 0.5) is 0 Å². The summed E-state index contributed by atoms with van der Waals surface area (Å²) in [6, 6.07) is 1.87. The van der Waals surface area contributed by atoms with Crippen molar-refractivity contribution in [3.8, 4) is 17.0 Å². The topological polar surface area (TPSA) is 87.1 Å². The molecule has 3 heterocycles. The molecule has 8 nitrogen and oxygen atoms in total. The van der Waals surface area contributed by atoms with E-state index in [1.807, 2.05) is 12.3 Å². The molecule has 0 aliphatic rings. The molecule has 3 rings (SSSR count). The van der Waals surface area contributed by atoms with E-state index in [0.717, 1.165) is 11.1 Å². The maximum absolute atomic E-state index is 12.1. The highest BCUT2D eigenvalue weighted by molar-refractivity contribution is 5.96. The molecule has 23 heavy (non-hydrogen) atoms. The summed E-state index contributed by atoms with van der Waals surface area (Å²) >= 11 is 0. The summed E-state index contributed by atoms with van der Waals surface area (Å²) in [4.78, 5) is 12.1. The Balaban J connectivity index is 1.56. The maximum atomic E-state index is 12.1. The van der Waals surface area contributed by atoms with Crippen LogP contribution in [0.3, 0.4) is 0 Å². The molecule has 0 atom stereocenters. The second-order valence-electron chi connectivity index (χ2n) is 4.99. The van der Waals surface area contributed by atoms with Crippen molar-refractivity contribution in [2.75, 3.05) is 13.7 Å². The number of rotatable bonds is 6. The Morgan fingerprint density at radius 1 is 1.39 bits per heavy atom. The second-order valence-corrected chi connectivity index (χ2v) is 4.99. The van der Waals surface area contributed by atoms with Gasteiger partial charge in [-0.15, -0.1) is 5.10 Å². The number of aryl methyl sites for hydroxylation is 1. The number of hydrogen-bond acceptors (Lipinski definition) is 5. The first-order valence-electron chi connectivity index (χ1n) is 7.08. The number of carbonyl (C=O) groups excluding carboxylic acids is 1. The highest BCUT2D eigenvalue weighted by Gasteiger charge is 2.15. The summed E-state index contributed by atoms with van der Waals surface area (Å²) in [5.41, 5.74) is 2.36. The molecule has 1 amide bonds. The van der Waals surface area contributed by atoms with E-state index in [1.165, 1.54) is 7.11 Å². The highest BCUT2D eigenvalue weighted by atomic mass is 16.5. The van der Waals surface area contributed by atoms with E-state index in [4.69, 9.17) is 9.15 Å². The monoisotopic (exact) mass is 315 g/mol. The van der Waals surface area contributed by atoms with E-state index >= 15 is 0 Å². The minimum atomic E-state index is -0.225. The first-order chi connectivity index (χ1) is 11.2. The maximum Gasteiger partial charge on any atom is 0.258 e. The first kappa shape index (κ1) is 14.9. The third kappa shape index (κ3) is 3.25. The highest BCUT2D eigenvalue weighted by Crippen LogP contribution is 2.18. The number of ether oxygens (including phenoxy) is 1. The van der Waals surface area contributed by atoms with Gasteiger partial charge in [0.05, 0.1) is 32.4 Å². The van der Waals surface area contributed by atoms with Crippen LogP contribution in [0, 0.1) is 0 Å². The minimum absolute atomic E-state index is 0.225. The SMILES string of the molecule is COc1nn(C)cc1C(=O)NCCn1cc(-c2ccoc2)cn1. The van der Waals surface area contributed by atoms with Crippen molar-refractivity contribution < 1.29 is 13.9 Å². The average molecular weight is 315 g/mol. The summed E-state index contributed by atoms with van der Waals surface area (Å²) in [6.07, 6.45) is 8.57. The predicted molar refractivity (Wildman–Crippen MR) is 82.0 cm³/mol. The Hall–Kier alpha value is -3.03. The van der Waals surface area contributed by atoms with Crippen LogP contribution in [0.5, 0.6) is 5.88 Å². The van der Waals surface area contributed by atoms with Crippen molar-refractivity contribution in [2.24, 2.45) is 7.05 Å². The molecular formula is C15H17N5O3. The van der Waals surface area contributed by atoms with Gasteiger partial charge in [-0.1, -0.05) is 0 Å². The molecule has 0 fully saturated rings. The summed E-state index contributed by atoms with van der Waals surface area (Å²) < 4.78 is 13.4. The van der Waals surface area contributed by atoms with Crippen LogP contribution in [0.1, 0.15) is 10.4 Å². The fraction of sp³-hybridized carbons (Fsp3) is 0.267. The van der Waals surface area contributed by atoms with Crippen molar-refractivity contribution in [1.29, 1.82) is 0 Å². The first-order valence-corrected chi connectivity index (χ1v) is 7.08. The van der Waals surface area contributed by atoms with Crippen LogP contribution in [0.2, 0.25) is 0 Å².